The summed E-state index contributed by atoms with van der Waals surface area (Å²) in [4.78, 5) is 2.21. The Kier molecular flexibility index (Phi) is 6.00. The zero-order chi connectivity index (χ0) is 16.1. The van der Waals surface area contributed by atoms with E-state index in [0.717, 1.165) is 42.5 Å². The average Bonchev–Trinajstić information content (AvgIpc) is 2.75. The van der Waals surface area contributed by atoms with E-state index in [0.29, 0.717) is 0 Å². The first-order valence-electron chi connectivity index (χ1n) is 7.65. The van der Waals surface area contributed by atoms with Crippen LogP contribution in [0.25, 0.3) is 5.69 Å². The predicted octanol–water partition coefficient (Wildman–Crippen LogP) is 3.18. The molecule has 0 aliphatic rings. The van der Waals surface area contributed by atoms with Gasteiger partial charge in [-0.2, -0.15) is 5.10 Å². The minimum Gasteiger partial charge on any atom is -0.312 e. The largest absolute Gasteiger partial charge is 0.312 e. The van der Waals surface area contributed by atoms with Crippen LogP contribution in [-0.2, 0) is 6.54 Å². The topological polar surface area (TPSA) is 33.1 Å². The zero-order valence-corrected chi connectivity index (χ0v) is 14.6. The Morgan fingerprint density at radius 2 is 1.86 bits per heavy atom. The molecule has 0 bridgehead atoms. The van der Waals surface area contributed by atoms with Gasteiger partial charge in [0.25, 0.3) is 0 Å². The second-order valence-electron chi connectivity index (χ2n) is 5.87. The summed E-state index contributed by atoms with van der Waals surface area (Å²) < 4.78 is 1.99. The Bertz CT molecular complexity index is 602. The Morgan fingerprint density at radius 3 is 2.50 bits per heavy atom. The van der Waals surface area contributed by atoms with Gasteiger partial charge in [-0.05, 0) is 71.7 Å². The number of rotatable bonds is 7. The quantitative estimate of drug-likeness (QED) is 0.795. The number of benzene rings is 1. The van der Waals surface area contributed by atoms with Crippen LogP contribution in [0.5, 0.6) is 0 Å². The lowest BCUT2D eigenvalue weighted by Crippen LogP contribution is -2.21. The van der Waals surface area contributed by atoms with Gasteiger partial charge in [-0.15, -0.1) is 0 Å². The lowest BCUT2D eigenvalue weighted by atomic mass is 10.2. The third-order valence-corrected chi connectivity index (χ3v) is 4.03. The minimum absolute atomic E-state index is 0.744. The number of hydrogen-bond donors (Lipinski definition) is 1. The summed E-state index contributed by atoms with van der Waals surface area (Å²) in [5, 5.41) is 8.92. The van der Waals surface area contributed by atoms with Crippen molar-refractivity contribution in [2.45, 2.75) is 26.8 Å². The Morgan fingerprint density at radius 1 is 1.18 bits per heavy atom. The highest BCUT2D eigenvalue weighted by molar-refractivity contribution is 6.30. The smallest absolute Gasteiger partial charge is 0.0649 e. The molecule has 2 aromatic rings. The van der Waals surface area contributed by atoms with Gasteiger partial charge in [-0.1, -0.05) is 11.6 Å². The molecule has 1 aromatic heterocycles. The standard InChI is InChI=1S/C17H25ClN4/c1-13-17(12-19-10-5-11-21(3)4)14(2)22(20-13)16-8-6-15(18)7-9-16/h6-9,19H,5,10-12H2,1-4H3. The van der Waals surface area contributed by atoms with Crippen molar-refractivity contribution in [3.05, 3.63) is 46.2 Å². The number of aromatic nitrogens is 2. The van der Waals surface area contributed by atoms with E-state index in [9.17, 15) is 0 Å². The fourth-order valence-corrected chi connectivity index (χ4v) is 2.62. The fourth-order valence-electron chi connectivity index (χ4n) is 2.50. The molecule has 0 aliphatic carbocycles. The van der Waals surface area contributed by atoms with E-state index in [4.69, 9.17) is 11.6 Å². The molecule has 0 radical (unpaired) electrons. The Balaban J connectivity index is 2.02. The molecule has 0 spiro atoms. The highest BCUT2D eigenvalue weighted by Crippen LogP contribution is 2.19. The molecular weight excluding hydrogens is 296 g/mol. The lowest BCUT2D eigenvalue weighted by molar-refractivity contribution is 0.394. The maximum absolute atomic E-state index is 5.95. The molecule has 1 N–H and O–H groups in total. The first kappa shape index (κ1) is 17.0. The lowest BCUT2D eigenvalue weighted by Gasteiger charge is -2.10. The van der Waals surface area contributed by atoms with E-state index < -0.39 is 0 Å². The molecule has 0 fully saturated rings. The summed E-state index contributed by atoms with van der Waals surface area (Å²) in [6.07, 6.45) is 1.15. The molecule has 0 atom stereocenters. The minimum atomic E-state index is 0.744. The van der Waals surface area contributed by atoms with Crippen LogP contribution < -0.4 is 5.32 Å². The molecule has 0 amide bonds. The maximum Gasteiger partial charge on any atom is 0.0649 e. The third kappa shape index (κ3) is 4.32. The number of aryl methyl sites for hydroxylation is 1. The van der Waals surface area contributed by atoms with E-state index in [1.54, 1.807) is 0 Å². The molecule has 0 unspecified atom stereocenters. The van der Waals surface area contributed by atoms with Crippen molar-refractivity contribution in [1.29, 1.82) is 0 Å². The molecule has 1 aromatic carbocycles. The predicted molar refractivity (Wildman–Crippen MR) is 92.9 cm³/mol. The van der Waals surface area contributed by atoms with Crippen molar-refractivity contribution in [3.8, 4) is 5.69 Å². The van der Waals surface area contributed by atoms with Crippen LogP contribution in [-0.4, -0.2) is 41.9 Å². The van der Waals surface area contributed by atoms with Crippen molar-refractivity contribution in [3.63, 3.8) is 0 Å². The third-order valence-electron chi connectivity index (χ3n) is 3.77. The van der Waals surface area contributed by atoms with Crippen LogP contribution in [0.3, 0.4) is 0 Å². The van der Waals surface area contributed by atoms with Crippen LogP contribution in [0.1, 0.15) is 23.4 Å². The molecule has 22 heavy (non-hydrogen) atoms. The maximum atomic E-state index is 5.95. The molecule has 0 saturated heterocycles. The van der Waals surface area contributed by atoms with Gasteiger partial charge < -0.3 is 10.2 Å². The summed E-state index contributed by atoms with van der Waals surface area (Å²) in [5.41, 5.74) is 4.58. The van der Waals surface area contributed by atoms with Crippen molar-refractivity contribution in [1.82, 2.24) is 20.0 Å². The number of halogens is 1. The molecule has 4 nitrogen and oxygen atoms in total. The Labute approximate surface area is 138 Å². The van der Waals surface area contributed by atoms with Crippen LogP contribution in [0.15, 0.2) is 24.3 Å². The highest BCUT2D eigenvalue weighted by atomic mass is 35.5. The van der Waals surface area contributed by atoms with Gasteiger partial charge in [0, 0.05) is 22.8 Å². The average molecular weight is 321 g/mol. The van der Waals surface area contributed by atoms with Crippen LogP contribution in [0, 0.1) is 13.8 Å². The SMILES string of the molecule is Cc1nn(-c2ccc(Cl)cc2)c(C)c1CNCCCN(C)C. The summed E-state index contributed by atoms with van der Waals surface area (Å²) in [7, 11) is 4.20. The highest BCUT2D eigenvalue weighted by Gasteiger charge is 2.12. The van der Waals surface area contributed by atoms with Crippen LogP contribution >= 0.6 is 11.6 Å². The summed E-state index contributed by atoms with van der Waals surface area (Å²) in [5.74, 6) is 0. The van der Waals surface area contributed by atoms with Crippen molar-refractivity contribution in [2.75, 3.05) is 27.2 Å². The van der Waals surface area contributed by atoms with E-state index >= 15 is 0 Å². The summed E-state index contributed by atoms with van der Waals surface area (Å²) in [6, 6.07) is 7.78. The monoisotopic (exact) mass is 320 g/mol. The van der Waals surface area contributed by atoms with Crippen molar-refractivity contribution >= 4 is 11.6 Å². The molecular formula is C17H25ClN4. The molecule has 1 heterocycles. The second kappa shape index (κ2) is 7.77. The van der Waals surface area contributed by atoms with E-state index in [1.807, 2.05) is 28.9 Å². The molecule has 2 rings (SSSR count). The zero-order valence-electron chi connectivity index (χ0n) is 13.9. The van der Waals surface area contributed by atoms with Crippen LogP contribution in [0.4, 0.5) is 0 Å². The first-order chi connectivity index (χ1) is 10.5. The Hall–Kier alpha value is -1.36. The van der Waals surface area contributed by atoms with Gasteiger partial charge in [-0.25, -0.2) is 4.68 Å². The van der Waals surface area contributed by atoms with E-state index in [2.05, 4.69) is 43.3 Å². The van der Waals surface area contributed by atoms with Gasteiger partial charge in [0.05, 0.1) is 11.4 Å². The first-order valence-corrected chi connectivity index (χ1v) is 8.03. The second-order valence-corrected chi connectivity index (χ2v) is 6.31. The molecule has 5 heteroatoms. The van der Waals surface area contributed by atoms with E-state index in [1.165, 1.54) is 11.3 Å². The van der Waals surface area contributed by atoms with E-state index in [-0.39, 0.29) is 0 Å². The molecule has 0 aliphatic heterocycles. The van der Waals surface area contributed by atoms with Crippen molar-refractivity contribution < 1.29 is 0 Å². The summed E-state index contributed by atoms with van der Waals surface area (Å²) in [6.45, 7) is 7.17. The molecule has 120 valence electrons. The summed E-state index contributed by atoms with van der Waals surface area (Å²) >= 11 is 5.95. The van der Waals surface area contributed by atoms with Gasteiger partial charge in [0.1, 0.15) is 0 Å². The van der Waals surface area contributed by atoms with Gasteiger partial charge in [-0.3, -0.25) is 0 Å². The fraction of sp³-hybridized carbons (Fsp3) is 0.471. The van der Waals surface area contributed by atoms with Gasteiger partial charge in [0.15, 0.2) is 0 Å². The molecule has 0 saturated carbocycles. The number of hydrogen-bond acceptors (Lipinski definition) is 3. The number of nitrogens with zero attached hydrogens (tertiary/aromatic N) is 3. The van der Waals surface area contributed by atoms with Gasteiger partial charge >= 0.3 is 0 Å². The van der Waals surface area contributed by atoms with Crippen LogP contribution in [0.2, 0.25) is 5.02 Å². The van der Waals surface area contributed by atoms with Crippen molar-refractivity contribution in [2.24, 2.45) is 0 Å². The van der Waals surface area contributed by atoms with Gasteiger partial charge in [0.2, 0.25) is 0 Å². The normalized spacial score (nSPS) is 11.4. The number of nitrogens with one attached hydrogen (secondary N) is 1.